The molecular weight excluding hydrogens is 346 g/mol. The minimum absolute atomic E-state index is 0.197. The molecule has 6 heteroatoms. The maximum Gasteiger partial charge on any atom is 0.261 e. The highest BCUT2D eigenvalue weighted by Crippen LogP contribution is 2.28. The SMILES string of the molecule is CCOc1ccc(CNC(=O)[C@@H](C)Oc2ccc(OC)cc2)cc1OCC. The van der Waals surface area contributed by atoms with Gasteiger partial charge < -0.3 is 24.3 Å². The average Bonchev–Trinajstić information content (AvgIpc) is 2.68. The first-order valence-corrected chi connectivity index (χ1v) is 9.04. The molecule has 0 aliphatic heterocycles. The van der Waals surface area contributed by atoms with Gasteiger partial charge in [0.05, 0.1) is 20.3 Å². The van der Waals surface area contributed by atoms with E-state index in [-0.39, 0.29) is 5.91 Å². The third kappa shape index (κ3) is 6.09. The van der Waals surface area contributed by atoms with Crippen LogP contribution in [-0.2, 0) is 11.3 Å². The van der Waals surface area contributed by atoms with E-state index in [1.54, 1.807) is 38.3 Å². The molecule has 0 aromatic heterocycles. The van der Waals surface area contributed by atoms with E-state index in [0.717, 1.165) is 11.3 Å². The highest BCUT2D eigenvalue weighted by atomic mass is 16.5. The third-order valence-electron chi connectivity index (χ3n) is 3.82. The Morgan fingerprint density at radius 2 is 1.59 bits per heavy atom. The Labute approximate surface area is 160 Å². The van der Waals surface area contributed by atoms with Crippen LogP contribution in [-0.4, -0.2) is 32.3 Å². The van der Waals surface area contributed by atoms with Gasteiger partial charge in [-0.05, 0) is 62.7 Å². The number of rotatable bonds is 10. The molecule has 0 aliphatic rings. The van der Waals surface area contributed by atoms with Gasteiger partial charge in [0, 0.05) is 6.54 Å². The second-order valence-electron chi connectivity index (χ2n) is 5.80. The highest BCUT2D eigenvalue weighted by Gasteiger charge is 2.15. The Bertz CT molecular complexity index is 730. The third-order valence-corrected chi connectivity index (χ3v) is 3.82. The van der Waals surface area contributed by atoms with Crippen molar-refractivity contribution >= 4 is 5.91 Å². The fourth-order valence-corrected chi connectivity index (χ4v) is 2.45. The van der Waals surface area contributed by atoms with Gasteiger partial charge in [0.1, 0.15) is 11.5 Å². The minimum Gasteiger partial charge on any atom is -0.497 e. The first-order valence-electron chi connectivity index (χ1n) is 9.04. The summed E-state index contributed by atoms with van der Waals surface area (Å²) in [6.07, 6.45) is -0.618. The van der Waals surface area contributed by atoms with E-state index in [9.17, 15) is 4.79 Å². The van der Waals surface area contributed by atoms with Gasteiger partial charge in [-0.25, -0.2) is 0 Å². The van der Waals surface area contributed by atoms with Gasteiger partial charge in [-0.15, -0.1) is 0 Å². The summed E-state index contributed by atoms with van der Waals surface area (Å²) >= 11 is 0. The predicted molar refractivity (Wildman–Crippen MR) is 104 cm³/mol. The van der Waals surface area contributed by atoms with Crippen molar-refractivity contribution in [3.05, 3.63) is 48.0 Å². The molecule has 0 bridgehead atoms. The van der Waals surface area contributed by atoms with Crippen LogP contribution in [0.15, 0.2) is 42.5 Å². The molecule has 1 amide bonds. The van der Waals surface area contributed by atoms with Crippen LogP contribution < -0.4 is 24.3 Å². The molecule has 6 nitrogen and oxygen atoms in total. The summed E-state index contributed by atoms with van der Waals surface area (Å²) < 4.78 is 21.9. The van der Waals surface area contributed by atoms with Gasteiger partial charge in [0.25, 0.3) is 5.91 Å². The maximum atomic E-state index is 12.3. The lowest BCUT2D eigenvalue weighted by Crippen LogP contribution is -2.35. The summed E-state index contributed by atoms with van der Waals surface area (Å²) in [7, 11) is 1.60. The molecule has 2 aromatic rings. The fourth-order valence-electron chi connectivity index (χ4n) is 2.45. The van der Waals surface area contributed by atoms with E-state index in [2.05, 4.69) is 5.32 Å². The minimum atomic E-state index is -0.618. The molecule has 0 unspecified atom stereocenters. The second kappa shape index (κ2) is 10.3. The van der Waals surface area contributed by atoms with E-state index < -0.39 is 6.10 Å². The molecule has 146 valence electrons. The number of carbonyl (C=O) groups is 1. The van der Waals surface area contributed by atoms with Crippen molar-refractivity contribution < 1.29 is 23.7 Å². The molecule has 0 fully saturated rings. The number of hydrogen-bond acceptors (Lipinski definition) is 5. The predicted octanol–water partition coefficient (Wildman–Crippen LogP) is 3.58. The summed E-state index contributed by atoms with van der Waals surface area (Å²) in [6, 6.07) is 12.7. The average molecular weight is 373 g/mol. The Morgan fingerprint density at radius 3 is 2.22 bits per heavy atom. The summed E-state index contributed by atoms with van der Waals surface area (Å²) in [5.74, 6) is 2.52. The standard InChI is InChI=1S/C21H27NO5/c1-5-25-19-12-7-16(13-20(19)26-6-2)14-22-21(23)15(3)27-18-10-8-17(24-4)9-11-18/h7-13,15H,5-6,14H2,1-4H3,(H,22,23)/t15-/m1/s1. The van der Waals surface area contributed by atoms with Gasteiger partial charge in [0.15, 0.2) is 17.6 Å². The second-order valence-corrected chi connectivity index (χ2v) is 5.80. The van der Waals surface area contributed by atoms with Crippen LogP contribution in [0.2, 0.25) is 0 Å². The number of ether oxygens (including phenoxy) is 4. The first kappa shape index (κ1) is 20.4. The summed E-state index contributed by atoms with van der Waals surface area (Å²) in [6.45, 7) is 7.04. The van der Waals surface area contributed by atoms with E-state index in [1.165, 1.54) is 0 Å². The van der Waals surface area contributed by atoms with Crippen LogP contribution >= 0.6 is 0 Å². The summed E-state index contributed by atoms with van der Waals surface area (Å²) in [4.78, 5) is 12.3. The van der Waals surface area contributed by atoms with E-state index in [1.807, 2.05) is 32.0 Å². The number of methoxy groups -OCH3 is 1. The monoisotopic (exact) mass is 373 g/mol. The van der Waals surface area contributed by atoms with Crippen molar-refractivity contribution in [1.82, 2.24) is 5.32 Å². The van der Waals surface area contributed by atoms with Gasteiger partial charge >= 0.3 is 0 Å². The molecule has 2 aromatic carbocycles. The number of hydrogen-bond donors (Lipinski definition) is 1. The summed E-state index contributed by atoms with van der Waals surface area (Å²) in [5, 5.41) is 2.88. The fraction of sp³-hybridized carbons (Fsp3) is 0.381. The quantitative estimate of drug-likeness (QED) is 0.690. The van der Waals surface area contributed by atoms with Crippen molar-refractivity contribution in [3.8, 4) is 23.0 Å². The highest BCUT2D eigenvalue weighted by molar-refractivity contribution is 5.80. The molecule has 1 atom stereocenters. The largest absolute Gasteiger partial charge is 0.497 e. The number of benzene rings is 2. The zero-order valence-electron chi connectivity index (χ0n) is 16.3. The van der Waals surface area contributed by atoms with Crippen LogP contribution in [0, 0.1) is 0 Å². The number of amides is 1. The van der Waals surface area contributed by atoms with Gasteiger partial charge in [-0.2, -0.15) is 0 Å². The van der Waals surface area contributed by atoms with Crippen molar-refractivity contribution in [3.63, 3.8) is 0 Å². The Morgan fingerprint density at radius 1 is 0.963 bits per heavy atom. The molecule has 2 rings (SSSR count). The van der Waals surface area contributed by atoms with E-state index in [4.69, 9.17) is 18.9 Å². The molecular formula is C21H27NO5. The number of nitrogens with one attached hydrogen (secondary N) is 1. The molecule has 0 saturated heterocycles. The van der Waals surface area contributed by atoms with Gasteiger partial charge in [0.2, 0.25) is 0 Å². The van der Waals surface area contributed by atoms with Crippen molar-refractivity contribution in [2.45, 2.75) is 33.4 Å². The lowest BCUT2D eigenvalue weighted by atomic mass is 10.2. The first-order chi connectivity index (χ1) is 13.1. The zero-order chi connectivity index (χ0) is 19.6. The number of carbonyl (C=O) groups excluding carboxylic acids is 1. The Hall–Kier alpha value is -2.89. The normalized spacial score (nSPS) is 11.4. The van der Waals surface area contributed by atoms with Crippen LogP contribution in [0.5, 0.6) is 23.0 Å². The molecule has 27 heavy (non-hydrogen) atoms. The Kier molecular flexibility index (Phi) is 7.79. The summed E-state index contributed by atoms with van der Waals surface area (Å²) in [5.41, 5.74) is 0.923. The zero-order valence-corrected chi connectivity index (χ0v) is 16.3. The molecule has 0 saturated carbocycles. The molecule has 1 N–H and O–H groups in total. The lowest BCUT2D eigenvalue weighted by molar-refractivity contribution is -0.127. The van der Waals surface area contributed by atoms with Crippen LogP contribution in [0.1, 0.15) is 26.3 Å². The molecule has 0 heterocycles. The lowest BCUT2D eigenvalue weighted by Gasteiger charge is -2.16. The van der Waals surface area contributed by atoms with Crippen LogP contribution in [0.25, 0.3) is 0 Å². The van der Waals surface area contributed by atoms with Gasteiger partial charge in [-0.1, -0.05) is 6.07 Å². The van der Waals surface area contributed by atoms with Crippen molar-refractivity contribution in [2.75, 3.05) is 20.3 Å². The van der Waals surface area contributed by atoms with E-state index in [0.29, 0.717) is 37.0 Å². The molecule has 0 spiro atoms. The van der Waals surface area contributed by atoms with Crippen LogP contribution in [0.4, 0.5) is 0 Å². The topological polar surface area (TPSA) is 66.0 Å². The van der Waals surface area contributed by atoms with Crippen LogP contribution in [0.3, 0.4) is 0 Å². The van der Waals surface area contributed by atoms with Crippen molar-refractivity contribution in [2.24, 2.45) is 0 Å². The molecule has 0 radical (unpaired) electrons. The smallest absolute Gasteiger partial charge is 0.261 e. The molecule has 0 aliphatic carbocycles. The van der Waals surface area contributed by atoms with E-state index >= 15 is 0 Å². The Balaban J connectivity index is 1.92. The van der Waals surface area contributed by atoms with Crippen molar-refractivity contribution in [1.29, 1.82) is 0 Å². The van der Waals surface area contributed by atoms with Gasteiger partial charge in [-0.3, -0.25) is 4.79 Å². The maximum absolute atomic E-state index is 12.3.